The lowest BCUT2D eigenvalue weighted by molar-refractivity contribution is -0.153. The minimum atomic E-state index is -0.882. The van der Waals surface area contributed by atoms with E-state index >= 15 is 0 Å². The summed E-state index contributed by atoms with van der Waals surface area (Å²) in [4.78, 5) is 23.6. The highest BCUT2D eigenvalue weighted by atomic mass is 16.5. The first-order valence-electron chi connectivity index (χ1n) is 19.0. The van der Waals surface area contributed by atoms with Gasteiger partial charge in [0.05, 0.1) is 6.42 Å². The lowest BCUT2D eigenvalue weighted by atomic mass is 10.0. The lowest BCUT2D eigenvalue weighted by Crippen LogP contribution is -2.21. The summed E-state index contributed by atoms with van der Waals surface area (Å²) in [5.41, 5.74) is 0. The van der Waals surface area contributed by atoms with E-state index in [1.165, 1.54) is 116 Å². The number of esters is 1. The molecule has 0 aliphatic rings. The molecule has 0 spiro atoms. The van der Waals surface area contributed by atoms with Crippen LogP contribution in [0.5, 0.6) is 0 Å². The van der Waals surface area contributed by atoms with Gasteiger partial charge in [-0.15, -0.1) is 0 Å². The van der Waals surface area contributed by atoms with Crippen molar-refractivity contribution in [2.75, 3.05) is 0 Å². The number of carbonyl (C=O) groups excluding carboxylic acids is 1. The van der Waals surface area contributed by atoms with Gasteiger partial charge in [0.25, 0.3) is 0 Å². The fraction of sp³-hybridized carbons (Fsp3) is 0.800. The number of ether oxygens (including phenoxy) is 1. The smallest absolute Gasteiger partial charge is 0.307 e. The molecule has 0 heterocycles. The van der Waals surface area contributed by atoms with Crippen molar-refractivity contribution < 1.29 is 19.4 Å². The molecule has 0 aliphatic heterocycles. The minimum Gasteiger partial charge on any atom is -0.481 e. The number of carboxylic acids is 1. The van der Waals surface area contributed by atoms with Crippen molar-refractivity contribution in [1.29, 1.82) is 0 Å². The zero-order valence-corrected chi connectivity index (χ0v) is 29.2. The van der Waals surface area contributed by atoms with Crippen LogP contribution in [0.1, 0.15) is 200 Å². The predicted molar refractivity (Wildman–Crippen MR) is 190 cm³/mol. The van der Waals surface area contributed by atoms with Gasteiger partial charge in [-0.2, -0.15) is 0 Å². The van der Waals surface area contributed by atoms with Crippen molar-refractivity contribution in [2.24, 2.45) is 0 Å². The number of aliphatic carboxylic acids is 1. The average Bonchev–Trinajstić information content (AvgIpc) is 3.00. The second-order valence-electron chi connectivity index (χ2n) is 12.8. The molecule has 0 aromatic carbocycles. The Morgan fingerprint density at radius 3 is 1.48 bits per heavy atom. The van der Waals surface area contributed by atoms with Gasteiger partial charge >= 0.3 is 11.9 Å². The molecule has 0 aromatic heterocycles. The van der Waals surface area contributed by atoms with Crippen molar-refractivity contribution in [3.05, 3.63) is 36.5 Å². The van der Waals surface area contributed by atoms with Crippen LogP contribution in [-0.4, -0.2) is 23.1 Å². The predicted octanol–water partition coefficient (Wildman–Crippen LogP) is 13.0. The molecular formula is C40H72O4. The van der Waals surface area contributed by atoms with Gasteiger partial charge in [-0.1, -0.05) is 172 Å². The van der Waals surface area contributed by atoms with Crippen LogP contribution in [-0.2, 0) is 14.3 Å². The van der Waals surface area contributed by atoms with Crippen LogP contribution >= 0.6 is 0 Å². The third kappa shape index (κ3) is 34.6. The molecule has 0 amide bonds. The van der Waals surface area contributed by atoms with Crippen LogP contribution in [0.4, 0.5) is 0 Å². The van der Waals surface area contributed by atoms with Crippen molar-refractivity contribution in [3.63, 3.8) is 0 Å². The molecule has 0 bridgehead atoms. The first-order chi connectivity index (χ1) is 21.6. The maximum atomic E-state index is 12.3. The molecule has 256 valence electrons. The van der Waals surface area contributed by atoms with Crippen LogP contribution in [0.2, 0.25) is 0 Å². The zero-order chi connectivity index (χ0) is 32.2. The van der Waals surface area contributed by atoms with E-state index in [1.807, 2.05) is 0 Å². The van der Waals surface area contributed by atoms with Crippen LogP contribution in [0.15, 0.2) is 36.5 Å². The molecule has 0 radical (unpaired) electrons. The molecule has 0 aliphatic carbocycles. The fourth-order valence-corrected chi connectivity index (χ4v) is 5.63. The van der Waals surface area contributed by atoms with Gasteiger partial charge in [-0.3, -0.25) is 9.59 Å². The van der Waals surface area contributed by atoms with Crippen LogP contribution in [0.3, 0.4) is 0 Å². The summed E-state index contributed by atoms with van der Waals surface area (Å²) in [6, 6.07) is 0. The number of rotatable bonds is 34. The SMILES string of the molecule is CC/C=C\C/C=C\C/C=C\CCCCCCCCCCCC(=O)OC(CCCCCCCCCCCCCCC)CC(=O)O. The molecule has 4 heteroatoms. The van der Waals surface area contributed by atoms with E-state index in [9.17, 15) is 14.7 Å². The standard InChI is InChI=1S/C40H72O4/c1-3-5-7-9-11-13-15-17-18-19-20-21-22-24-26-28-30-32-34-36-40(43)44-38(37-39(41)42)35-33-31-29-27-25-23-16-14-12-10-8-6-4-2/h5,7,11,13,17-18,38H,3-4,6,8-10,12,14-16,19-37H2,1-2H3,(H,41,42)/b7-5-,13-11-,18-17-. The summed E-state index contributed by atoms with van der Waals surface area (Å²) >= 11 is 0. The van der Waals surface area contributed by atoms with Crippen molar-refractivity contribution in [3.8, 4) is 0 Å². The molecule has 0 saturated carbocycles. The normalized spacial score (nSPS) is 12.6. The fourth-order valence-electron chi connectivity index (χ4n) is 5.63. The Morgan fingerprint density at radius 1 is 0.545 bits per heavy atom. The highest BCUT2D eigenvalue weighted by Crippen LogP contribution is 2.17. The van der Waals surface area contributed by atoms with Gasteiger partial charge in [0.15, 0.2) is 0 Å². The summed E-state index contributed by atoms with van der Waals surface area (Å²) in [6.45, 7) is 4.43. The van der Waals surface area contributed by atoms with E-state index in [-0.39, 0.29) is 12.4 Å². The number of allylic oxidation sites excluding steroid dienone is 6. The molecule has 0 saturated heterocycles. The third-order valence-electron chi connectivity index (χ3n) is 8.36. The molecule has 1 N–H and O–H groups in total. The number of unbranched alkanes of at least 4 members (excludes halogenated alkanes) is 21. The van der Waals surface area contributed by atoms with E-state index in [0.717, 1.165) is 51.4 Å². The molecule has 1 unspecified atom stereocenters. The second kappa shape index (κ2) is 35.6. The molecule has 4 nitrogen and oxygen atoms in total. The Bertz CT molecular complexity index is 708. The number of carbonyl (C=O) groups is 2. The third-order valence-corrected chi connectivity index (χ3v) is 8.36. The number of hydrogen-bond donors (Lipinski definition) is 1. The van der Waals surface area contributed by atoms with Crippen molar-refractivity contribution >= 4 is 11.9 Å². The molecule has 0 aromatic rings. The van der Waals surface area contributed by atoms with Gasteiger partial charge < -0.3 is 9.84 Å². The zero-order valence-electron chi connectivity index (χ0n) is 29.2. The highest BCUT2D eigenvalue weighted by molar-refractivity contribution is 5.71. The monoisotopic (exact) mass is 617 g/mol. The molecule has 0 fully saturated rings. The summed E-state index contributed by atoms with van der Waals surface area (Å²) < 4.78 is 5.58. The Labute approximate surface area is 273 Å². The van der Waals surface area contributed by atoms with Gasteiger partial charge in [0.2, 0.25) is 0 Å². The number of hydrogen-bond acceptors (Lipinski definition) is 3. The first-order valence-corrected chi connectivity index (χ1v) is 19.0. The largest absolute Gasteiger partial charge is 0.481 e. The van der Waals surface area contributed by atoms with Gasteiger partial charge in [0, 0.05) is 6.42 Å². The van der Waals surface area contributed by atoms with Crippen molar-refractivity contribution in [2.45, 2.75) is 206 Å². The topological polar surface area (TPSA) is 63.6 Å². The van der Waals surface area contributed by atoms with Gasteiger partial charge in [0.1, 0.15) is 6.10 Å². The van der Waals surface area contributed by atoms with Crippen LogP contribution in [0, 0.1) is 0 Å². The summed E-state index contributed by atoms with van der Waals surface area (Å²) in [5, 5.41) is 9.25. The van der Waals surface area contributed by atoms with E-state index in [1.54, 1.807) is 0 Å². The second-order valence-corrected chi connectivity index (χ2v) is 12.8. The van der Waals surface area contributed by atoms with Crippen LogP contribution < -0.4 is 0 Å². The first kappa shape index (κ1) is 42.2. The highest BCUT2D eigenvalue weighted by Gasteiger charge is 2.17. The van der Waals surface area contributed by atoms with Crippen LogP contribution in [0.25, 0.3) is 0 Å². The van der Waals surface area contributed by atoms with Gasteiger partial charge in [-0.05, 0) is 51.4 Å². The van der Waals surface area contributed by atoms with E-state index in [2.05, 4.69) is 50.3 Å². The lowest BCUT2D eigenvalue weighted by Gasteiger charge is -2.16. The Hall–Kier alpha value is -1.84. The van der Waals surface area contributed by atoms with Crippen molar-refractivity contribution in [1.82, 2.24) is 0 Å². The van der Waals surface area contributed by atoms with Gasteiger partial charge in [-0.25, -0.2) is 0 Å². The number of carboxylic acid groups (broad SMARTS) is 1. The Kier molecular flexibility index (Phi) is 34.1. The molecule has 1 atom stereocenters. The summed E-state index contributed by atoms with van der Waals surface area (Å²) in [7, 11) is 0. The Balaban J connectivity index is 3.64. The minimum absolute atomic E-state index is 0.0746. The maximum absolute atomic E-state index is 12.3. The van der Waals surface area contributed by atoms with E-state index < -0.39 is 12.1 Å². The Morgan fingerprint density at radius 2 is 0.977 bits per heavy atom. The summed E-state index contributed by atoms with van der Waals surface area (Å²) in [6.07, 6.45) is 45.9. The molecule has 0 rings (SSSR count). The van der Waals surface area contributed by atoms with E-state index in [0.29, 0.717) is 12.8 Å². The molecular weight excluding hydrogens is 544 g/mol. The maximum Gasteiger partial charge on any atom is 0.307 e. The molecule has 44 heavy (non-hydrogen) atoms. The average molecular weight is 617 g/mol. The van der Waals surface area contributed by atoms with E-state index in [4.69, 9.17) is 4.74 Å². The summed E-state index contributed by atoms with van der Waals surface area (Å²) in [5.74, 6) is -1.10. The quantitative estimate of drug-likeness (QED) is 0.0444.